The van der Waals surface area contributed by atoms with Gasteiger partial charge in [-0.3, -0.25) is 0 Å². The molecule has 0 radical (unpaired) electrons. The van der Waals surface area contributed by atoms with Gasteiger partial charge in [0, 0.05) is 18.4 Å². The molecule has 1 rings (SSSR count). The fourth-order valence-corrected chi connectivity index (χ4v) is 1.75. The lowest BCUT2D eigenvalue weighted by Gasteiger charge is -2.12. The molecule has 0 saturated carbocycles. The van der Waals surface area contributed by atoms with Gasteiger partial charge in [-0.1, -0.05) is 26.0 Å². The molecular formula is C13H19NO2. The van der Waals surface area contributed by atoms with Gasteiger partial charge < -0.3 is 9.67 Å². The van der Waals surface area contributed by atoms with Crippen molar-refractivity contribution in [3.63, 3.8) is 0 Å². The molecule has 1 aromatic rings. The van der Waals surface area contributed by atoms with E-state index in [4.69, 9.17) is 5.11 Å². The lowest BCUT2D eigenvalue weighted by molar-refractivity contribution is 0.0695. The minimum Gasteiger partial charge on any atom is -0.478 e. The number of hydrogen-bond acceptors (Lipinski definition) is 1. The Balaban J connectivity index is 3.08. The molecule has 0 fully saturated rings. The summed E-state index contributed by atoms with van der Waals surface area (Å²) in [6.45, 7) is 10.7. The molecule has 88 valence electrons. The summed E-state index contributed by atoms with van der Waals surface area (Å²) < 4.78 is 1.98. The third kappa shape index (κ3) is 2.99. The van der Waals surface area contributed by atoms with Crippen molar-refractivity contribution in [2.75, 3.05) is 0 Å². The van der Waals surface area contributed by atoms with E-state index in [1.54, 1.807) is 6.07 Å². The molecule has 0 spiro atoms. The van der Waals surface area contributed by atoms with E-state index in [0.29, 0.717) is 18.0 Å². The highest BCUT2D eigenvalue weighted by molar-refractivity contribution is 5.89. The molecule has 0 aliphatic rings. The van der Waals surface area contributed by atoms with Crippen LogP contribution in [0.4, 0.5) is 0 Å². The van der Waals surface area contributed by atoms with Crippen LogP contribution in [0.15, 0.2) is 24.4 Å². The first-order chi connectivity index (χ1) is 7.41. The number of nitrogens with zero attached hydrogens (tertiary/aromatic N) is 1. The maximum atomic E-state index is 11.1. The van der Waals surface area contributed by atoms with E-state index in [-0.39, 0.29) is 0 Å². The second-order valence-corrected chi connectivity index (χ2v) is 4.66. The zero-order valence-corrected chi connectivity index (χ0v) is 10.2. The van der Waals surface area contributed by atoms with Crippen LogP contribution in [0, 0.1) is 5.92 Å². The second kappa shape index (κ2) is 5.01. The van der Waals surface area contributed by atoms with Crippen molar-refractivity contribution in [3.05, 3.63) is 35.7 Å². The standard InChI is InChI=1S/C13H19NO2/c1-9(2)7-12-11(13(15)16)5-6-14(12)8-10(3)4/h5-6,9H,3,7-8H2,1-2,4H3,(H,15,16). The van der Waals surface area contributed by atoms with Crippen LogP contribution in [-0.2, 0) is 13.0 Å². The summed E-state index contributed by atoms with van der Waals surface area (Å²) in [5, 5.41) is 9.09. The molecule has 0 aliphatic heterocycles. The number of carboxylic acids is 1. The van der Waals surface area contributed by atoms with Crippen LogP contribution in [0.1, 0.15) is 36.8 Å². The second-order valence-electron chi connectivity index (χ2n) is 4.66. The van der Waals surface area contributed by atoms with Gasteiger partial charge in [0.15, 0.2) is 0 Å². The van der Waals surface area contributed by atoms with Gasteiger partial charge >= 0.3 is 5.97 Å². The SMILES string of the molecule is C=C(C)Cn1ccc(C(=O)O)c1CC(C)C. The van der Waals surface area contributed by atoms with Crippen molar-refractivity contribution in [2.24, 2.45) is 5.92 Å². The number of hydrogen-bond donors (Lipinski definition) is 1. The molecule has 3 heteroatoms. The Bertz CT molecular complexity index is 402. The van der Waals surface area contributed by atoms with Crippen LogP contribution in [0.3, 0.4) is 0 Å². The Labute approximate surface area is 96.4 Å². The van der Waals surface area contributed by atoms with E-state index < -0.39 is 5.97 Å². The van der Waals surface area contributed by atoms with Crippen LogP contribution in [0.25, 0.3) is 0 Å². The molecule has 0 aromatic carbocycles. The van der Waals surface area contributed by atoms with E-state index in [1.807, 2.05) is 17.7 Å². The predicted octanol–water partition coefficient (Wildman–Crippen LogP) is 2.96. The molecular weight excluding hydrogens is 202 g/mol. The largest absolute Gasteiger partial charge is 0.478 e. The fraction of sp³-hybridized carbons (Fsp3) is 0.462. The van der Waals surface area contributed by atoms with E-state index in [9.17, 15) is 4.79 Å². The number of rotatable bonds is 5. The number of allylic oxidation sites excluding steroid dienone is 1. The monoisotopic (exact) mass is 221 g/mol. The first kappa shape index (κ1) is 12.6. The highest BCUT2D eigenvalue weighted by atomic mass is 16.4. The zero-order chi connectivity index (χ0) is 12.3. The fourth-order valence-electron chi connectivity index (χ4n) is 1.75. The van der Waals surface area contributed by atoms with Gasteiger partial charge in [-0.2, -0.15) is 0 Å². The van der Waals surface area contributed by atoms with E-state index in [1.165, 1.54) is 0 Å². The maximum Gasteiger partial charge on any atom is 0.337 e. The van der Waals surface area contributed by atoms with Crippen molar-refractivity contribution in [3.8, 4) is 0 Å². The van der Waals surface area contributed by atoms with Crippen LogP contribution in [0.5, 0.6) is 0 Å². The Hall–Kier alpha value is -1.51. The van der Waals surface area contributed by atoms with Crippen LogP contribution >= 0.6 is 0 Å². The average molecular weight is 221 g/mol. The lowest BCUT2D eigenvalue weighted by atomic mass is 10.0. The zero-order valence-electron chi connectivity index (χ0n) is 10.2. The Morgan fingerprint density at radius 2 is 2.19 bits per heavy atom. The highest BCUT2D eigenvalue weighted by Crippen LogP contribution is 2.17. The van der Waals surface area contributed by atoms with E-state index in [2.05, 4.69) is 20.4 Å². The molecule has 16 heavy (non-hydrogen) atoms. The minimum atomic E-state index is -0.851. The van der Waals surface area contributed by atoms with Gasteiger partial charge in [-0.25, -0.2) is 4.79 Å². The molecule has 1 N–H and O–H groups in total. The maximum absolute atomic E-state index is 11.1. The summed E-state index contributed by atoms with van der Waals surface area (Å²) in [7, 11) is 0. The topological polar surface area (TPSA) is 42.2 Å². The van der Waals surface area contributed by atoms with Crippen molar-refractivity contribution in [2.45, 2.75) is 33.7 Å². The molecule has 0 bridgehead atoms. The third-order valence-corrected chi connectivity index (χ3v) is 2.35. The van der Waals surface area contributed by atoms with Crippen molar-refractivity contribution in [1.29, 1.82) is 0 Å². The predicted molar refractivity (Wildman–Crippen MR) is 64.7 cm³/mol. The van der Waals surface area contributed by atoms with Crippen LogP contribution in [0.2, 0.25) is 0 Å². The van der Waals surface area contributed by atoms with Crippen LogP contribution < -0.4 is 0 Å². The summed E-state index contributed by atoms with van der Waals surface area (Å²) in [5.41, 5.74) is 2.33. The molecule has 1 heterocycles. The number of aromatic carboxylic acids is 1. The summed E-state index contributed by atoms with van der Waals surface area (Å²) in [6, 6.07) is 1.67. The number of carboxylic acid groups (broad SMARTS) is 1. The molecule has 0 amide bonds. The molecule has 3 nitrogen and oxygen atoms in total. The van der Waals surface area contributed by atoms with Crippen molar-refractivity contribution < 1.29 is 9.90 Å². The summed E-state index contributed by atoms with van der Waals surface area (Å²) in [4.78, 5) is 11.1. The summed E-state index contributed by atoms with van der Waals surface area (Å²) in [5.74, 6) is -0.409. The number of aromatic nitrogens is 1. The van der Waals surface area contributed by atoms with Crippen LogP contribution in [-0.4, -0.2) is 15.6 Å². The van der Waals surface area contributed by atoms with Gasteiger partial charge in [0.2, 0.25) is 0 Å². The van der Waals surface area contributed by atoms with Gasteiger partial charge in [-0.05, 0) is 25.3 Å². The number of carbonyl (C=O) groups is 1. The Kier molecular flexibility index (Phi) is 3.93. The molecule has 0 unspecified atom stereocenters. The molecule has 0 atom stereocenters. The van der Waals surface area contributed by atoms with E-state index in [0.717, 1.165) is 17.7 Å². The molecule has 0 aliphatic carbocycles. The first-order valence-electron chi connectivity index (χ1n) is 5.47. The molecule has 0 saturated heterocycles. The van der Waals surface area contributed by atoms with Gasteiger partial charge in [0.05, 0.1) is 5.56 Å². The van der Waals surface area contributed by atoms with Gasteiger partial charge in [0.1, 0.15) is 0 Å². The lowest BCUT2D eigenvalue weighted by Crippen LogP contribution is -2.10. The minimum absolute atomic E-state index is 0.412. The molecule has 1 aromatic heterocycles. The third-order valence-electron chi connectivity index (χ3n) is 2.35. The van der Waals surface area contributed by atoms with Gasteiger partial charge in [0.25, 0.3) is 0 Å². The Morgan fingerprint density at radius 1 is 1.56 bits per heavy atom. The first-order valence-corrected chi connectivity index (χ1v) is 5.47. The Morgan fingerprint density at radius 3 is 2.62 bits per heavy atom. The quantitative estimate of drug-likeness (QED) is 0.777. The summed E-state index contributed by atoms with van der Waals surface area (Å²) in [6.07, 6.45) is 2.61. The summed E-state index contributed by atoms with van der Waals surface area (Å²) >= 11 is 0. The van der Waals surface area contributed by atoms with E-state index >= 15 is 0 Å². The van der Waals surface area contributed by atoms with Crippen molar-refractivity contribution in [1.82, 2.24) is 4.57 Å². The highest BCUT2D eigenvalue weighted by Gasteiger charge is 2.15. The van der Waals surface area contributed by atoms with Crippen molar-refractivity contribution >= 4 is 5.97 Å². The average Bonchev–Trinajstić information content (AvgIpc) is 2.47. The van der Waals surface area contributed by atoms with Gasteiger partial charge in [-0.15, -0.1) is 0 Å². The smallest absolute Gasteiger partial charge is 0.337 e. The normalized spacial score (nSPS) is 10.8.